The van der Waals surface area contributed by atoms with Gasteiger partial charge >= 0.3 is 5.97 Å². The molecule has 92 valence electrons. The highest BCUT2D eigenvalue weighted by atomic mass is 16.4. The van der Waals surface area contributed by atoms with Gasteiger partial charge in [-0.25, -0.2) is 4.79 Å². The molecule has 4 nitrogen and oxygen atoms in total. The lowest BCUT2D eigenvalue weighted by atomic mass is 9.80. The van der Waals surface area contributed by atoms with E-state index in [0.29, 0.717) is 11.8 Å². The Hall–Kier alpha value is -1.58. The Morgan fingerprint density at radius 2 is 2.24 bits per heavy atom. The molecule has 0 saturated carbocycles. The Morgan fingerprint density at radius 3 is 2.82 bits per heavy atom. The van der Waals surface area contributed by atoms with E-state index in [1.807, 2.05) is 0 Å². The lowest BCUT2D eigenvalue weighted by Gasteiger charge is -2.27. The molecule has 0 fully saturated rings. The number of hydrogen-bond acceptors (Lipinski definition) is 2. The number of pyridine rings is 1. The van der Waals surface area contributed by atoms with Crippen molar-refractivity contribution in [2.24, 2.45) is 11.8 Å². The highest BCUT2D eigenvalue weighted by Gasteiger charge is 2.23. The number of aromatic amines is 1. The number of aromatic nitrogens is 1. The maximum Gasteiger partial charge on any atom is 0.341 e. The summed E-state index contributed by atoms with van der Waals surface area (Å²) in [6.45, 7) is 4.36. The number of fused-ring (bicyclic) bond motifs is 1. The third-order valence-corrected chi connectivity index (χ3v) is 3.64. The predicted octanol–water partition coefficient (Wildman–Crippen LogP) is 1.83. The summed E-state index contributed by atoms with van der Waals surface area (Å²) in [6.07, 6.45) is 2.77. The first kappa shape index (κ1) is 11.9. The van der Waals surface area contributed by atoms with Gasteiger partial charge in [0.1, 0.15) is 5.56 Å². The fourth-order valence-electron chi connectivity index (χ4n) is 2.46. The van der Waals surface area contributed by atoms with Gasteiger partial charge in [-0.2, -0.15) is 0 Å². The number of carboxylic acids is 1. The van der Waals surface area contributed by atoms with Crippen LogP contribution >= 0.6 is 0 Å². The molecule has 0 spiro atoms. The van der Waals surface area contributed by atoms with Crippen LogP contribution in [0.3, 0.4) is 0 Å². The maximum atomic E-state index is 11.5. The van der Waals surface area contributed by atoms with E-state index in [-0.39, 0.29) is 5.56 Å². The van der Waals surface area contributed by atoms with Crippen molar-refractivity contribution in [3.8, 4) is 0 Å². The van der Waals surface area contributed by atoms with Gasteiger partial charge in [0, 0.05) is 5.69 Å². The van der Waals surface area contributed by atoms with Crippen LogP contribution in [-0.4, -0.2) is 16.1 Å². The molecule has 4 heteroatoms. The second-order valence-corrected chi connectivity index (χ2v) is 5.07. The molecule has 0 bridgehead atoms. The van der Waals surface area contributed by atoms with Crippen LogP contribution in [0.15, 0.2) is 10.9 Å². The van der Waals surface area contributed by atoms with E-state index in [2.05, 4.69) is 18.8 Å². The molecule has 2 rings (SSSR count). The summed E-state index contributed by atoms with van der Waals surface area (Å²) < 4.78 is 0. The van der Waals surface area contributed by atoms with Crippen LogP contribution in [0, 0.1) is 11.8 Å². The summed E-state index contributed by atoms with van der Waals surface area (Å²) in [5, 5.41) is 8.92. The van der Waals surface area contributed by atoms with Crippen LogP contribution in [0.5, 0.6) is 0 Å². The fraction of sp³-hybridized carbons (Fsp3) is 0.538. The first-order valence-corrected chi connectivity index (χ1v) is 5.97. The van der Waals surface area contributed by atoms with Gasteiger partial charge in [0.15, 0.2) is 0 Å². The molecule has 0 unspecified atom stereocenters. The second-order valence-electron chi connectivity index (χ2n) is 5.07. The van der Waals surface area contributed by atoms with Gasteiger partial charge in [0.2, 0.25) is 0 Å². The lowest BCUT2D eigenvalue weighted by molar-refractivity contribution is 0.0694. The fourth-order valence-corrected chi connectivity index (χ4v) is 2.46. The Balaban J connectivity index is 2.40. The van der Waals surface area contributed by atoms with Crippen LogP contribution in [0.4, 0.5) is 0 Å². The molecule has 0 amide bonds. The molecule has 0 aliphatic heterocycles. The quantitative estimate of drug-likeness (QED) is 0.821. The van der Waals surface area contributed by atoms with Crippen LogP contribution in [0.1, 0.15) is 41.9 Å². The molecule has 1 aromatic rings. The zero-order valence-electron chi connectivity index (χ0n) is 10.1. The summed E-state index contributed by atoms with van der Waals surface area (Å²) in [5.41, 5.74) is 1.27. The van der Waals surface area contributed by atoms with E-state index in [1.54, 1.807) is 6.07 Å². The van der Waals surface area contributed by atoms with Crippen LogP contribution in [0.2, 0.25) is 0 Å². The minimum atomic E-state index is -1.15. The minimum absolute atomic E-state index is 0.145. The average molecular weight is 235 g/mol. The Labute approximate surface area is 99.7 Å². The van der Waals surface area contributed by atoms with Crippen LogP contribution < -0.4 is 5.56 Å². The van der Waals surface area contributed by atoms with E-state index in [0.717, 1.165) is 30.5 Å². The first-order chi connectivity index (χ1) is 7.99. The molecule has 1 atom stereocenters. The summed E-state index contributed by atoms with van der Waals surface area (Å²) in [6, 6.07) is 1.55. The number of hydrogen-bond donors (Lipinski definition) is 2. The Bertz CT molecular complexity index is 502. The highest BCUT2D eigenvalue weighted by Crippen LogP contribution is 2.28. The normalized spacial score (nSPS) is 19.1. The molecule has 17 heavy (non-hydrogen) atoms. The maximum absolute atomic E-state index is 11.5. The number of aromatic carboxylic acids is 1. The predicted molar refractivity (Wildman–Crippen MR) is 64.4 cm³/mol. The van der Waals surface area contributed by atoms with Crippen molar-refractivity contribution in [1.82, 2.24) is 4.98 Å². The molecule has 1 aliphatic rings. The number of aryl methyl sites for hydroxylation is 1. The summed E-state index contributed by atoms with van der Waals surface area (Å²) in [4.78, 5) is 25.1. The number of carboxylic acid groups (broad SMARTS) is 1. The van der Waals surface area contributed by atoms with E-state index >= 15 is 0 Å². The summed E-state index contributed by atoms with van der Waals surface area (Å²) in [7, 11) is 0. The lowest BCUT2D eigenvalue weighted by Crippen LogP contribution is -2.26. The SMILES string of the molecule is CC(C)[C@@H]1CCc2[nH]c(=O)c(C(=O)O)cc2C1. The molecular weight excluding hydrogens is 218 g/mol. The zero-order valence-corrected chi connectivity index (χ0v) is 10.1. The van der Waals surface area contributed by atoms with Gasteiger partial charge in [-0.05, 0) is 42.7 Å². The molecule has 1 aromatic heterocycles. The van der Waals surface area contributed by atoms with Gasteiger partial charge in [-0.15, -0.1) is 0 Å². The summed E-state index contributed by atoms with van der Waals surface area (Å²) >= 11 is 0. The number of carbonyl (C=O) groups is 1. The molecule has 1 heterocycles. The van der Waals surface area contributed by atoms with Crippen molar-refractivity contribution in [2.45, 2.75) is 33.1 Å². The van der Waals surface area contributed by atoms with E-state index in [1.165, 1.54) is 0 Å². The van der Waals surface area contributed by atoms with Crippen molar-refractivity contribution >= 4 is 5.97 Å². The highest BCUT2D eigenvalue weighted by molar-refractivity contribution is 5.87. The number of rotatable bonds is 2. The van der Waals surface area contributed by atoms with Crippen molar-refractivity contribution in [2.75, 3.05) is 0 Å². The number of H-pyrrole nitrogens is 1. The standard InChI is InChI=1S/C13H17NO3/c1-7(2)8-3-4-11-9(5-8)6-10(13(16)17)12(15)14-11/h6-8H,3-5H2,1-2H3,(H,14,15)(H,16,17)/t8-/m1/s1. The number of nitrogens with one attached hydrogen (secondary N) is 1. The van der Waals surface area contributed by atoms with Crippen molar-refractivity contribution < 1.29 is 9.90 Å². The van der Waals surface area contributed by atoms with Crippen molar-refractivity contribution in [1.29, 1.82) is 0 Å². The monoisotopic (exact) mass is 235 g/mol. The molecule has 2 N–H and O–H groups in total. The van der Waals surface area contributed by atoms with Crippen molar-refractivity contribution in [3.63, 3.8) is 0 Å². The molecule has 1 aliphatic carbocycles. The second kappa shape index (κ2) is 4.35. The third-order valence-electron chi connectivity index (χ3n) is 3.64. The largest absolute Gasteiger partial charge is 0.477 e. The van der Waals surface area contributed by atoms with Crippen LogP contribution in [-0.2, 0) is 12.8 Å². The molecule has 0 aromatic carbocycles. The van der Waals surface area contributed by atoms with E-state index < -0.39 is 11.5 Å². The van der Waals surface area contributed by atoms with Gasteiger partial charge in [-0.3, -0.25) is 4.79 Å². The van der Waals surface area contributed by atoms with Gasteiger partial charge in [-0.1, -0.05) is 13.8 Å². The van der Waals surface area contributed by atoms with Gasteiger partial charge < -0.3 is 10.1 Å². The Morgan fingerprint density at radius 1 is 1.53 bits per heavy atom. The average Bonchev–Trinajstić information content (AvgIpc) is 2.27. The Kier molecular flexibility index (Phi) is 3.05. The van der Waals surface area contributed by atoms with Gasteiger partial charge in [0.25, 0.3) is 5.56 Å². The van der Waals surface area contributed by atoms with Crippen LogP contribution in [0.25, 0.3) is 0 Å². The summed E-state index contributed by atoms with van der Waals surface area (Å²) in [5.74, 6) is 0.0131. The van der Waals surface area contributed by atoms with Crippen molar-refractivity contribution in [3.05, 3.63) is 33.2 Å². The zero-order chi connectivity index (χ0) is 12.6. The van der Waals surface area contributed by atoms with E-state index in [9.17, 15) is 9.59 Å². The first-order valence-electron chi connectivity index (χ1n) is 5.97. The smallest absolute Gasteiger partial charge is 0.341 e. The van der Waals surface area contributed by atoms with Gasteiger partial charge in [0.05, 0.1) is 0 Å². The molecule has 0 saturated heterocycles. The third kappa shape index (κ3) is 2.25. The molecular formula is C13H17NO3. The minimum Gasteiger partial charge on any atom is -0.477 e. The van der Waals surface area contributed by atoms with E-state index in [4.69, 9.17) is 5.11 Å². The topological polar surface area (TPSA) is 70.2 Å². The molecule has 0 radical (unpaired) electrons.